The fraction of sp³-hybridized carbons (Fsp3) is 0.333. The molecule has 0 atom stereocenters. The van der Waals surface area contributed by atoms with Crippen LogP contribution in [0.3, 0.4) is 0 Å². The molecule has 7 heteroatoms. The van der Waals surface area contributed by atoms with Gasteiger partial charge in [-0.25, -0.2) is 15.8 Å². The Kier molecular flexibility index (Phi) is 7.00. The molecule has 0 radical (unpaired) electrons. The van der Waals surface area contributed by atoms with E-state index in [2.05, 4.69) is 10.4 Å². The summed E-state index contributed by atoms with van der Waals surface area (Å²) in [6.07, 6.45) is 0.994. The number of hydrazone groups is 1. The number of nitrogens with two attached hydrogens (primary N) is 2. The number of hydrazine groups is 1. The molecule has 0 unspecified atom stereocenters. The van der Waals surface area contributed by atoms with E-state index in [1.807, 2.05) is 30.3 Å². The molecule has 5 N–H and O–H groups in total. The Bertz CT molecular complexity index is 396. The largest absolute Gasteiger partial charge is 0.445 e. The van der Waals surface area contributed by atoms with Crippen LogP contribution in [0.2, 0.25) is 0 Å². The van der Waals surface area contributed by atoms with Gasteiger partial charge in [-0.05, 0) is 5.56 Å². The topological polar surface area (TPSA) is 106 Å². The highest BCUT2D eigenvalue weighted by molar-refractivity contribution is 5.67. The lowest BCUT2D eigenvalue weighted by atomic mass is 10.2. The summed E-state index contributed by atoms with van der Waals surface area (Å²) in [5.41, 5.74) is 6.16. The molecule has 0 aliphatic carbocycles. The van der Waals surface area contributed by atoms with Crippen molar-refractivity contribution >= 4 is 12.3 Å². The monoisotopic (exact) mass is 265 g/mol. The molecule has 0 spiro atoms. The fourth-order valence-electron chi connectivity index (χ4n) is 1.26. The molecule has 104 valence electrons. The predicted octanol–water partition coefficient (Wildman–Crippen LogP) is 0.0330. The van der Waals surface area contributed by atoms with Crippen LogP contribution in [-0.2, 0) is 11.3 Å². The minimum Gasteiger partial charge on any atom is -0.445 e. The van der Waals surface area contributed by atoms with Crippen molar-refractivity contribution in [1.29, 1.82) is 0 Å². The zero-order valence-electron chi connectivity index (χ0n) is 10.7. The molecule has 0 fully saturated rings. The quantitative estimate of drug-likeness (QED) is 0.366. The molecule has 7 nitrogen and oxygen atoms in total. The first-order chi connectivity index (χ1) is 9.22. The first-order valence-electron chi connectivity index (χ1n) is 5.91. The van der Waals surface area contributed by atoms with Crippen molar-refractivity contribution in [3.63, 3.8) is 0 Å². The summed E-state index contributed by atoms with van der Waals surface area (Å²) in [7, 11) is 0. The van der Waals surface area contributed by atoms with Gasteiger partial charge in [0.05, 0.1) is 6.54 Å². The van der Waals surface area contributed by atoms with E-state index in [1.54, 1.807) is 0 Å². The van der Waals surface area contributed by atoms with Gasteiger partial charge in [0, 0.05) is 19.3 Å². The van der Waals surface area contributed by atoms with Crippen LogP contribution in [0.25, 0.3) is 0 Å². The highest BCUT2D eigenvalue weighted by atomic mass is 16.5. The maximum atomic E-state index is 11.4. The Hall–Kier alpha value is -2.12. The van der Waals surface area contributed by atoms with E-state index in [-0.39, 0.29) is 6.61 Å². The van der Waals surface area contributed by atoms with E-state index in [1.165, 1.54) is 11.3 Å². The van der Waals surface area contributed by atoms with Crippen LogP contribution in [0.15, 0.2) is 35.4 Å². The molecule has 0 aliphatic heterocycles. The Labute approximate surface area is 112 Å². The number of amides is 1. The van der Waals surface area contributed by atoms with Crippen molar-refractivity contribution in [1.82, 2.24) is 10.4 Å². The summed E-state index contributed by atoms with van der Waals surface area (Å²) >= 11 is 0. The highest BCUT2D eigenvalue weighted by Gasteiger charge is 2.02. The molecular formula is C12H19N5O2. The molecule has 0 bridgehead atoms. The van der Waals surface area contributed by atoms with Gasteiger partial charge in [-0.15, -0.1) is 0 Å². The van der Waals surface area contributed by atoms with Crippen molar-refractivity contribution in [3.05, 3.63) is 35.9 Å². The van der Waals surface area contributed by atoms with Gasteiger partial charge in [0.15, 0.2) is 0 Å². The molecular weight excluding hydrogens is 246 g/mol. The number of nitrogens with one attached hydrogen (secondary N) is 1. The lowest BCUT2D eigenvalue weighted by Gasteiger charge is -2.12. The summed E-state index contributed by atoms with van der Waals surface area (Å²) in [5, 5.41) is 7.57. The maximum absolute atomic E-state index is 11.4. The molecule has 19 heavy (non-hydrogen) atoms. The first kappa shape index (κ1) is 14.9. The molecule has 0 aromatic heterocycles. The van der Waals surface area contributed by atoms with Gasteiger partial charge in [-0.2, -0.15) is 5.10 Å². The zero-order chi connectivity index (χ0) is 13.9. The SMILES string of the molecule is NCC=NN(N)CCNC(=O)OCc1ccccc1. The Morgan fingerprint density at radius 3 is 2.84 bits per heavy atom. The van der Waals surface area contributed by atoms with Gasteiger partial charge in [0.1, 0.15) is 6.61 Å². The number of alkyl carbamates (subject to hydrolysis) is 1. The van der Waals surface area contributed by atoms with Crippen LogP contribution in [0, 0.1) is 0 Å². The number of benzene rings is 1. The molecule has 1 amide bonds. The van der Waals surface area contributed by atoms with Crippen molar-refractivity contribution in [2.24, 2.45) is 16.7 Å². The first-order valence-corrected chi connectivity index (χ1v) is 5.91. The molecule has 0 heterocycles. The number of carbonyl (C=O) groups excluding carboxylic acids is 1. The average Bonchev–Trinajstić information content (AvgIpc) is 2.44. The second-order valence-electron chi connectivity index (χ2n) is 3.69. The summed E-state index contributed by atoms with van der Waals surface area (Å²) in [4.78, 5) is 11.4. The van der Waals surface area contributed by atoms with Crippen LogP contribution in [0.4, 0.5) is 4.79 Å². The lowest BCUT2D eigenvalue weighted by molar-refractivity contribution is 0.138. The maximum Gasteiger partial charge on any atom is 0.407 e. The van der Waals surface area contributed by atoms with E-state index in [0.29, 0.717) is 19.6 Å². The van der Waals surface area contributed by atoms with Crippen LogP contribution in [-0.4, -0.2) is 37.1 Å². The van der Waals surface area contributed by atoms with E-state index in [9.17, 15) is 4.79 Å². The van der Waals surface area contributed by atoms with Gasteiger partial charge < -0.3 is 15.8 Å². The summed E-state index contributed by atoms with van der Waals surface area (Å²) in [6, 6.07) is 9.45. The van der Waals surface area contributed by atoms with Gasteiger partial charge in [0.25, 0.3) is 0 Å². The van der Waals surface area contributed by atoms with E-state index >= 15 is 0 Å². The summed E-state index contributed by atoms with van der Waals surface area (Å²) in [6.45, 7) is 1.27. The van der Waals surface area contributed by atoms with Gasteiger partial charge in [-0.1, -0.05) is 30.3 Å². The Morgan fingerprint density at radius 1 is 1.42 bits per heavy atom. The minimum atomic E-state index is -0.486. The minimum absolute atomic E-state index is 0.240. The molecule has 1 aromatic rings. The van der Waals surface area contributed by atoms with E-state index in [0.717, 1.165) is 5.56 Å². The predicted molar refractivity (Wildman–Crippen MR) is 73.1 cm³/mol. The van der Waals surface area contributed by atoms with Gasteiger partial charge in [-0.3, -0.25) is 0 Å². The number of carbonyl (C=O) groups is 1. The zero-order valence-corrected chi connectivity index (χ0v) is 10.7. The van der Waals surface area contributed by atoms with Crippen LogP contribution in [0.1, 0.15) is 5.56 Å². The van der Waals surface area contributed by atoms with Crippen molar-refractivity contribution in [2.45, 2.75) is 6.61 Å². The third-order valence-corrected chi connectivity index (χ3v) is 2.16. The number of nitrogens with zero attached hydrogens (tertiary/aromatic N) is 2. The van der Waals surface area contributed by atoms with Crippen LogP contribution in [0.5, 0.6) is 0 Å². The molecule has 1 aromatic carbocycles. The third-order valence-electron chi connectivity index (χ3n) is 2.16. The molecule has 1 rings (SSSR count). The number of ether oxygens (including phenoxy) is 1. The lowest BCUT2D eigenvalue weighted by Crippen LogP contribution is -2.36. The number of hydrogen-bond acceptors (Lipinski definition) is 6. The fourth-order valence-corrected chi connectivity index (χ4v) is 1.26. The van der Waals surface area contributed by atoms with Crippen molar-refractivity contribution in [2.75, 3.05) is 19.6 Å². The standard InChI is InChI=1S/C12H19N5O2/c13-6-7-16-17(14)9-8-15-12(18)19-10-11-4-2-1-3-5-11/h1-5,7H,6,8-10,13-14H2,(H,15,18). The Morgan fingerprint density at radius 2 is 2.16 bits per heavy atom. The Balaban J connectivity index is 2.13. The van der Waals surface area contributed by atoms with E-state index < -0.39 is 6.09 Å². The molecule has 0 saturated heterocycles. The third kappa shape index (κ3) is 7.02. The van der Waals surface area contributed by atoms with Gasteiger partial charge >= 0.3 is 6.09 Å². The molecule has 0 aliphatic rings. The van der Waals surface area contributed by atoms with Crippen LogP contribution >= 0.6 is 0 Å². The van der Waals surface area contributed by atoms with E-state index in [4.69, 9.17) is 16.3 Å². The highest BCUT2D eigenvalue weighted by Crippen LogP contribution is 2.00. The van der Waals surface area contributed by atoms with Crippen molar-refractivity contribution in [3.8, 4) is 0 Å². The van der Waals surface area contributed by atoms with Crippen LogP contribution < -0.4 is 16.9 Å². The second kappa shape index (κ2) is 8.90. The normalized spacial score (nSPS) is 10.4. The summed E-state index contributed by atoms with van der Waals surface area (Å²) in [5.74, 6) is 5.50. The number of rotatable bonds is 7. The summed E-state index contributed by atoms with van der Waals surface area (Å²) < 4.78 is 5.02. The average molecular weight is 265 g/mol. The smallest absolute Gasteiger partial charge is 0.407 e. The van der Waals surface area contributed by atoms with Crippen molar-refractivity contribution < 1.29 is 9.53 Å². The second-order valence-corrected chi connectivity index (χ2v) is 3.69. The molecule has 0 saturated carbocycles. The van der Waals surface area contributed by atoms with Gasteiger partial charge in [0.2, 0.25) is 0 Å². The number of hydrogen-bond donors (Lipinski definition) is 3.